The van der Waals surface area contributed by atoms with E-state index in [0.717, 1.165) is 28.3 Å². The number of ether oxygens (including phenoxy) is 1. The Morgan fingerprint density at radius 1 is 1.22 bits per heavy atom. The molecule has 0 aromatic heterocycles. The minimum Gasteiger partial charge on any atom is -0.497 e. The summed E-state index contributed by atoms with van der Waals surface area (Å²) in [5, 5.41) is 2.94. The third kappa shape index (κ3) is 2.72. The highest BCUT2D eigenvalue weighted by Gasteiger charge is 2.54. The molecule has 0 aliphatic carbocycles. The van der Waals surface area contributed by atoms with E-state index in [0.29, 0.717) is 19.5 Å². The molecule has 3 amide bonds. The summed E-state index contributed by atoms with van der Waals surface area (Å²) < 4.78 is 5.35. The second kappa shape index (κ2) is 6.30. The molecule has 1 N–H and O–H groups in total. The maximum absolute atomic E-state index is 13.1. The van der Waals surface area contributed by atoms with Gasteiger partial charge in [-0.2, -0.15) is 0 Å². The van der Waals surface area contributed by atoms with Crippen LogP contribution in [0.2, 0.25) is 0 Å². The van der Waals surface area contributed by atoms with Crippen molar-refractivity contribution in [1.82, 2.24) is 4.90 Å². The number of nitrogens with zero attached hydrogens (tertiary/aromatic N) is 2. The van der Waals surface area contributed by atoms with Gasteiger partial charge in [0.2, 0.25) is 5.91 Å². The van der Waals surface area contributed by atoms with Crippen LogP contribution in [0.25, 0.3) is 0 Å². The fourth-order valence-corrected chi connectivity index (χ4v) is 4.17. The van der Waals surface area contributed by atoms with Crippen LogP contribution in [0.3, 0.4) is 0 Å². The lowest BCUT2D eigenvalue weighted by Crippen LogP contribution is -2.42. The van der Waals surface area contributed by atoms with Crippen molar-refractivity contribution in [3.8, 4) is 5.75 Å². The zero-order valence-corrected chi connectivity index (χ0v) is 15.8. The zero-order valence-electron chi connectivity index (χ0n) is 15.8. The number of benzene rings is 2. The molecule has 2 heterocycles. The van der Waals surface area contributed by atoms with Gasteiger partial charge >= 0.3 is 6.03 Å². The van der Waals surface area contributed by atoms with Crippen molar-refractivity contribution < 1.29 is 14.3 Å². The molecule has 1 atom stereocenters. The molecule has 6 nitrogen and oxygen atoms in total. The first-order valence-corrected chi connectivity index (χ1v) is 9.04. The van der Waals surface area contributed by atoms with Crippen LogP contribution >= 0.6 is 0 Å². The molecule has 0 unspecified atom stereocenters. The summed E-state index contributed by atoms with van der Waals surface area (Å²) in [7, 11) is 3.41. The first-order chi connectivity index (χ1) is 12.9. The first kappa shape index (κ1) is 17.4. The quantitative estimate of drug-likeness (QED) is 0.889. The summed E-state index contributed by atoms with van der Waals surface area (Å²) in [5.41, 5.74) is 2.99. The predicted molar refractivity (Wildman–Crippen MR) is 104 cm³/mol. The van der Waals surface area contributed by atoms with Gasteiger partial charge in [0, 0.05) is 31.5 Å². The van der Waals surface area contributed by atoms with Gasteiger partial charge in [-0.05, 0) is 54.8 Å². The van der Waals surface area contributed by atoms with Crippen LogP contribution in [-0.2, 0) is 10.2 Å². The molecule has 2 aromatic carbocycles. The van der Waals surface area contributed by atoms with Crippen molar-refractivity contribution in [2.45, 2.75) is 18.8 Å². The predicted octanol–water partition coefficient (Wildman–Crippen LogP) is 3.16. The number of aryl methyl sites for hydroxylation is 1. The number of likely N-dealkylation sites (N-methyl/N-ethyl adjacent to an activating group) is 1. The lowest BCUT2D eigenvalue weighted by atomic mass is 9.81. The highest BCUT2D eigenvalue weighted by Crippen LogP contribution is 2.48. The number of anilines is 2. The van der Waals surface area contributed by atoms with Crippen LogP contribution in [0.15, 0.2) is 42.5 Å². The Hall–Kier alpha value is -3.02. The summed E-state index contributed by atoms with van der Waals surface area (Å²) >= 11 is 0. The molecule has 4 rings (SSSR count). The highest BCUT2D eigenvalue weighted by molar-refractivity contribution is 6.09. The molecule has 0 bridgehead atoms. The van der Waals surface area contributed by atoms with Crippen LogP contribution in [0.1, 0.15) is 17.5 Å². The van der Waals surface area contributed by atoms with Crippen LogP contribution in [0, 0.1) is 6.92 Å². The number of nitrogens with one attached hydrogen (secondary N) is 1. The fraction of sp³-hybridized carbons (Fsp3) is 0.333. The maximum atomic E-state index is 13.1. The van der Waals surface area contributed by atoms with Crippen molar-refractivity contribution in [1.29, 1.82) is 0 Å². The normalized spacial score (nSPS) is 20.9. The van der Waals surface area contributed by atoms with Gasteiger partial charge in [0.25, 0.3) is 0 Å². The molecule has 0 saturated carbocycles. The number of urea groups is 1. The molecular formula is C21H23N3O3. The Morgan fingerprint density at radius 2 is 2.04 bits per heavy atom. The zero-order chi connectivity index (χ0) is 19.2. The number of likely N-dealkylation sites (tertiary alicyclic amines) is 1. The van der Waals surface area contributed by atoms with Gasteiger partial charge in [-0.25, -0.2) is 4.79 Å². The average Bonchev–Trinajstić information content (AvgIpc) is 3.20. The summed E-state index contributed by atoms with van der Waals surface area (Å²) in [5.74, 6) is 0.760. The van der Waals surface area contributed by atoms with E-state index < -0.39 is 5.41 Å². The molecule has 2 aliphatic rings. The summed E-state index contributed by atoms with van der Waals surface area (Å²) in [6, 6.07) is 13.2. The van der Waals surface area contributed by atoms with Gasteiger partial charge in [-0.15, -0.1) is 0 Å². The lowest BCUT2D eigenvalue weighted by molar-refractivity contribution is -0.122. The molecule has 1 fully saturated rings. The average molecular weight is 365 g/mol. The van der Waals surface area contributed by atoms with Crippen LogP contribution in [-0.4, -0.2) is 44.1 Å². The number of rotatable bonds is 2. The van der Waals surface area contributed by atoms with Crippen molar-refractivity contribution in [3.63, 3.8) is 0 Å². The largest absolute Gasteiger partial charge is 0.497 e. The molecule has 1 saturated heterocycles. The summed E-state index contributed by atoms with van der Waals surface area (Å²) in [6.07, 6.45) is 0.609. The van der Waals surface area contributed by atoms with Gasteiger partial charge in [0.15, 0.2) is 0 Å². The third-order valence-corrected chi connectivity index (χ3v) is 5.62. The second-order valence-electron chi connectivity index (χ2n) is 7.30. The van der Waals surface area contributed by atoms with Gasteiger partial charge < -0.3 is 19.9 Å². The number of carbonyl (C=O) groups excluding carboxylic acids is 2. The van der Waals surface area contributed by atoms with E-state index in [1.54, 1.807) is 24.0 Å². The van der Waals surface area contributed by atoms with E-state index in [2.05, 4.69) is 5.32 Å². The van der Waals surface area contributed by atoms with Crippen molar-refractivity contribution in [2.24, 2.45) is 0 Å². The van der Waals surface area contributed by atoms with E-state index in [-0.39, 0.29) is 11.9 Å². The smallest absolute Gasteiger partial charge is 0.321 e. The van der Waals surface area contributed by atoms with Gasteiger partial charge in [0.1, 0.15) is 5.75 Å². The van der Waals surface area contributed by atoms with Crippen LogP contribution < -0.4 is 15.0 Å². The second-order valence-corrected chi connectivity index (χ2v) is 7.30. The lowest BCUT2D eigenvalue weighted by Gasteiger charge is -2.24. The Balaban J connectivity index is 1.60. The van der Waals surface area contributed by atoms with E-state index >= 15 is 0 Å². The Kier molecular flexibility index (Phi) is 4.06. The third-order valence-electron chi connectivity index (χ3n) is 5.62. The fourth-order valence-electron chi connectivity index (χ4n) is 4.17. The van der Waals surface area contributed by atoms with Crippen LogP contribution in [0.4, 0.5) is 16.2 Å². The number of methoxy groups -OCH3 is 1. The molecule has 0 radical (unpaired) electrons. The monoisotopic (exact) mass is 365 g/mol. The Bertz CT molecular complexity index is 927. The molecule has 2 aromatic rings. The van der Waals surface area contributed by atoms with Gasteiger partial charge in [-0.3, -0.25) is 4.79 Å². The van der Waals surface area contributed by atoms with Gasteiger partial charge in [0.05, 0.1) is 12.5 Å². The van der Waals surface area contributed by atoms with E-state index in [1.165, 1.54) is 0 Å². The first-order valence-electron chi connectivity index (χ1n) is 9.04. The minimum atomic E-state index is -0.692. The Morgan fingerprint density at radius 3 is 2.78 bits per heavy atom. The van der Waals surface area contributed by atoms with Crippen LogP contribution in [0.5, 0.6) is 5.75 Å². The summed E-state index contributed by atoms with van der Waals surface area (Å²) in [6.45, 7) is 2.89. The van der Waals surface area contributed by atoms with Gasteiger partial charge in [-0.1, -0.05) is 12.1 Å². The molecule has 140 valence electrons. The number of amides is 3. The molecule has 1 spiro atoms. The molecular weight excluding hydrogens is 342 g/mol. The number of carbonyl (C=O) groups is 2. The minimum absolute atomic E-state index is 0.0385. The highest BCUT2D eigenvalue weighted by atomic mass is 16.5. The van der Waals surface area contributed by atoms with E-state index in [1.807, 2.05) is 49.4 Å². The number of hydrogen-bond donors (Lipinski definition) is 1. The molecule has 2 aliphatic heterocycles. The van der Waals surface area contributed by atoms with Crippen molar-refractivity contribution in [3.05, 3.63) is 53.6 Å². The summed E-state index contributed by atoms with van der Waals surface area (Å²) in [4.78, 5) is 29.3. The molecule has 27 heavy (non-hydrogen) atoms. The number of fused-ring (bicyclic) bond motifs is 2. The maximum Gasteiger partial charge on any atom is 0.321 e. The Labute approximate surface area is 158 Å². The SMILES string of the molecule is COc1ccc2c(c1)[C@]1(CCN(C(=O)Nc3cccc(C)c3)C1)C(=O)N2C. The molecule has 6 heteroatoms. The van der Waals surface area contributed by atoms with Crippen molar-refractivity contribution in [2.75, 3.05) is 37.5 Å². The topological polar surface area (TPSA) is 61.9 Å². The number of hydrogen-bond acceptors (Lipinski definition) is 3. The standard InChI is InChI=1S/C21H23N3O3/c1-14-5-4-6-15(11-14)22-20(26)24-10-9-21(13-24)17-12-16(27-3)7-8-18(17)23(2)19(21)25/h4-8,11-12H,9-10,13H2,1-3H3,(H,22,26)/t21-/m1/s1. The van der Waals surface area contributed by atoms with E-state index in [4.69, 9.17) is 4.74 Å². The van der Waals surface area contributed by atoms with Crippen molar-refractivity contribution >= 4 is 23.3 Å². The van der Waals surface area contributed by atoms with E-state index in [9.17, 15) is 9.59 Å².